The first-order chi connectivity index (χ1) is 11.7. The van der Waals surface area contributed by atoms with Crippen molar-refractivity contribution < 1.29 is 0 Å². The van der Waals surface area contributed by atoms with Crippen LogP contribution < -0.4 is 10.7 Å². The average molecular weight is 316 g/mol. The van der Waals surface area contributed by atoms with Crippen molar-refractivity contribution in [1.82, 2.24) is 9.66 Å². The average Bonchev–Trinajstić information content (AvgIpc) is 3.01. The molecule has 1 spiro atoms. The van der Waals surface area contributed by atoms with Gasteiger partial charge in [-0.3, -0.25) is 0 Å². The number of hydrogen-bond acceptors (Lipinski definition) is 3. The Morgan fingerprint density at radius 1 is 1.08 bits per heavy atom. The molecule has 2 heterocycles. The molecule has 0 bridgehead atoms. The molecule has 2 aliphatic rings. The zero-order chi connectivity index (χ0) is 16.3. The van der Waals surface area contributed by atoms with Crippen molar-refractivity contribution in [3.8, 4) is 0 Å². The Morgan fingerprint density at radius 2 is 1.83 bits per heavy atom. The fourth-order valence-corrected chi connectivity index (χ4v) is 4.29. The van der Waals surface area contributed by atoms with E-state index in [2.05, 4.69) is 35.7 Å². The predicted molar refractivity (Wildman–Crippen MR) is 97.2 cm³/mol. The Kier molecular flexibility index (Phi) is 2.64. The van der Waals surface area contributed by atoms with Gasteiger partial charge in [0.2, 0.25) is 0 Å². The van der Waals surface area contributed by atoms with Crippen LogP contribution in [0, 0.1) is 0 Å². The standard InChI is InChI=1S/C20H20N4/c1-14-20(11-6-12-20)15-7-2-4-9-17(15)23(14)13-19-22-16-8-3-5-10-18(16)24(19)21/h2-5,7-10H,1,6,11-13,21H2. The van der Waals surface area contributed by atoms with E-state index in [1.807, 2.05) is 24.3 Å². The number of benzene rings is 2. The molecular formula is C20H20N4. The van der Waals surface area contributed by atoms with Gasteiger partial charge in [-0.1, -0.05) is 43.3 Å². The topological polar surface area (TPSA) is 47.1 Å². The minimum atomic E-state index is 0.141. The highest BCUT2D eigenvalue weighted by Gasteiger charge is 2.50. The fraction of sp³-hybridized carbons (Fsp3) is 0.250. The summed E-state index contributed by atoms with van der Waals surface area (Å²) in [5.74, 6) is 7.16. The number of nitrogens with two attached hydrogens (primary N) is 1. The molecule has 0 radical (unpaired) electrons. The third-order valence-corrected chi connectivity index (χ3v) is 5.76. The number of allylic oxidation sites excluding steroid dienone is 1. The first kappa shape index (κ1) is 13.7. The van der Waals surface area contributed by atoms with E-state index < -0.39 is 0 Å². The molecule has 24 heavy (non-hydrogen) atoms. The number of nitrogen functional groups attached to an aromatic ring is 1. The molecule has 1 aliphatic heterocycles. The molecule has 2 N–H and O–H groups in total. The highest BCUT2D eigenvalue weighted by molar-refractivity contribution is 5.76. The summed E-state index contributed by atoms with van der Waals surface area (Å²) in [6, 6.07) is 16.7. The summed E-state index contributed by atoms with van der Waals surface area (Å²) in [5, 5.41) is 0. The first-order valence-corrected chi connectivity index (χ1v) is 8.48. The van der Waals surface area contributed by atoms with Gasteiger partial charge in [0.15, 0.2) is 0 Å². The number of imidazole rings is 1. The summed E-state index contributed by atoms with van der Waals surface area (Å²) in [5.41, 5.74) is 5.91. The van der Waals surface area contributed by atoms with Crippen molar-refractivity contribution in [3.63, 3.8) is 0 Å². The SMILES string of the molecule is C=C1N(Cc2nc3ccccc3n2N)c2ccccc2C12CCC2. The van der Waals surface area contributed by atoms with Crippen molar-refractivity contribution in [2.75, 3.05) is 10.7 Å². The van der Waals surface area contributed by atoms with Crippen LogP contribution in [0.2, 0.25) is 0 Å². The Hall–Kier alpha value is -2.75. The van der Waals surface area contributed by atoms with Gasteiger partial charge in [0.05, 0.1) is 17.6 Å². The lowest BCUT2D eigenvalue weighted by molar-refractivity contribution is 0.301. The summed E-state index contributed by atoms with van der Waals surface area (Å²) in [6.07, 6.45) is 3.66. The van der Waals surface area contributed by atoms with Crippen molar-refractivity contribution in [3.05, 3.63) is 72.2 Å². The molecule has 0 unspecified atom stereocenters. The zero-order valence-corrected chi connectivity index (χ0v) is 13.6. The number of fused-ring (bicyclic) bond motifs is 3. The smallest absolute Gasteiger partial charge is 0.148 e. The molecule has 4 nitrogen and oxygen atoms in total. The highest BCUT2D eigenvalue weighted by Crippen LogP contribution is 2.58. The molecule has 1 fully saturated rings. The molecule has 4 heteroatoms. The third kappa shape index (κ3) is 1.60. The number of aromatic nitrogens is 2. The third-order valence-electron chi connectivity index (χ3n) is 5.76. The van der Waals surface area contributed by atoms with Gasteiger partial charge in [-0.2, -0.15) is 0 Å². The molecule has 1 aliphatic carbocycles. The summed E-state index contributed by atoms with van der Waals surface area (Å²) in [4.78, 5) is 7.03. The Bertz CT molecular complexity index is 965. The highest BCUT2D eigenvalue weighted by atomic mass is 15.3. The number of para-hydroxylation sites is 3. The fourth-order valence-electron chi connectivity index (χ4n) is 4.29. The molecule has 1 saturated carbocycles. The minimum absolute atomic E-state index is 0.141. The van der Waals surface area contributed by atoms with E-state index in [1.165, 1.54) is 36.2 Å². The minimum Gasteiger partial charge on any atom is -0.337 e. The second-order valence-electron chi connectivity index (χ2n) is 6.87. The van der Waals surface area contributed by atoms with E-state index in [4.69, 9.17) is 10.8 Å². The number of rotatable bonds is 2. The number of nitrogens with zero attached hydrogens (tertiary/aromatic N) is 3. The van der Waals surface area contributed by atoms with Crippen LogP contribution >= 0.6 is 0 Å². The van der Waals surface area contributed by atoms with Gasteiger partial charge in [0, 0.05) is 16.8 Å². The van der Waals surface area contributed by atoms with Gasteiger partial charge in [-0.15, -0.1) is 0 Å². The van der Waals surface area contributed by atoms with Gasteiger partial charge in [0.25, 0.3) is 0 Å². The maximum Gasteiger partial charge on any atom is 0.148 e. The molecular weight excluding hydrogens is 296 g/mol. The summed E-state index contributed by atoms with van der Waals surface area (Å²) >= 11 is 0. The van der Waals surface area contributed by atoms with Crippen molar-refractivity contribution in [2.45, 2.75) is 31.2 Å². The Labute approximate surface area is 141 Å². The molecule has 120 valence electrons. The lowest BCUT2D eigenvalue weighted by Crippen LogP contribution is -2.37. The van der Waals surface area contributed by atoms with E-state index in [9.17, 15) is 0 Å². The summed E-state index contributed by atoms with van der Waals surface area (Å²) < 4.78 is 1.71. The van der Waals surface area contributed by atoms with Crippen LogP contribution in [-0.4, -0.2) is 9.66 Å². The van der Waals surface area contributed by atoms with E-state index >= 15 is 0 Å². The van der Waals surface area contributed by atoms with E-state index in [-0.39, 0.29) is 5.41 Å². The van der Waals surface area contributed by atoms with Crippen molar-refractivity contribution in [2.24, 2.45) is 0 Å². The second kappa shape index (κ2) is 4.63. The summed E-state index contributed by atoms with van der Waals surface area (Å²) in [6.45, 7) is 5.11. The quantitative estimate of drug-likeness (QED) is 0.733. The van der Waals surface area contributed by atoms with Gasteiger partial charge in [-0.05, 0) is 36.6 Å². The van der Waals surface area contributed by atoms with Gasteiger partial charge in [-0.25, -0.2) is 9.66 Å². The molecule has 1 aromatic heterocycles. The van der Waals surface area contributed by atoms with E-state index in [0.29, 0.717) is 6.54 Å². The van der Waals surface area contributed by atoms with Crippen LogP contribution in [0.5, 0.6) is 0 Å². The van der Waals surface area contributed by atoms with Crippen molar-refractivity contribution >= 4 is 16.7 Å². The zero-order valence-electron chi connectivity index (χ0n) is 13.6. The summed E-state index contributed by atoms with van der Waals surface area (Å²) in [7, 11) is 0. The lowest BCUT2D eigenvalue weighted by Gasteiger charge is -2.40. The maximum atomic E-state index is 6.29. The van der Waals surface area contributed by atoms with Crippen LogP contribution in [0.4, 0.5) is 5.69 Å². The molecule has 0 atom stereocenters. The van der Waals surface area contributed by atoms with Gasteiger partial charge >= 0.3 is 0 Å². The molecule has 5 rings (SSSR count). The molecule has 2 aromatic carbocycles. The van der Waals surface area contributed by atoms with Gasteiger partial charge < -0.3 is 10.7 Å². The predicted octanol–water partition coefficient (Wildman–Crippen LogP) is 3.71. The number of hydrogen-bond donors (Lipinski definition) is 1. The van der Waals surface area contributed by atoms with Crippen LogP contribution in [-0.2, 0) is 12.0 Å². The first-order valence-electron chi connectivity index (χ1n) is 8.48. The van der Waals surface area contributed by atoms with Gasteiger partial charge in [0.1, 0.15) is 5.82 Å². The van der Waals surface area contributed by atoms with E-state index in [1.54, 1.807) is 4.68 Å². The monoisotopic (exact) mass is 316 g/mol. The van der Waals surface area contributed by atoms with Crippen LogP contribution in [0.25, 0.3) is 11.0 Å². The van der Waals surface area contributed by atoms with Crippen molar-refractivity contribution in [1.29, 1.82) is 0 Å². The molecule has 3 aromatic rings. The van der Waals surface area contributed by atoms with Crippen LogP contribution in [0.1, 0.15) is 30.7 Å². The molecule has 0 amide bonds. The van der Waals surface area contributed by atoms with Crippen LogP contribution in [0.15, 0.2) is 60.8 Å². The lowest BCUT2D eigenvalue weighted by atomic mass is 9.64. The van der Waals surface area contributed by atoms with E-state index in [0.717, 1.165) is 16.9 Å². The van der Waals surface area contributed by atoms with Crippen LogP contribution in [0.3, 0.4) is 0 Å². The molecule has 0 saturated heterocycles. The second-order valence-corrected chi connectivity index (χ2v) is 6.87. The maximum absolute atomic E-state index is 6.29. The number of anilines is 1. The largest absolute Gasteiger partial charge is 0.337 e. The normalized spacial score (nSPS) is 18.2. The Morgan fingerprint density at radius 3 is 2.58 bits per heavy atom. The Balaban J connectivity index is 1.59.